The molecule has 3 amide bonds. The van der Waals surface area contributed by atoms with Crippen LogP contribution in [0.5, 0.6) is 0 Å². The lowest BCUT2D eigenvalue weighted by Crippen LogP contribution is -2.41. The summed E-state index contributed by atoms with van der Waals surface area (Å²) in [6, 6.07) is 9.16. The van der Waals surface area contributed by atoms with Gasteiger partial charge in [-0.3, -0.25) is 14.4 Å². The van der Waals surface area contributed by atoms with Gasteiger partial charge in [0.15, 0.2) is 0 Å². The fourth-order valence-corrected chi connectivity index (χ4v) is 2.58. The van der Waals surface area contributed by atoms with Crippen LogP contribution in [-0.4, -0.2) is 28.7 Å². The summed E-state index contributed by atoms with van der Waals surface area (Å²) in [5.41, 5.74) is 1.37. The van der Waals surface area contributed by atoms with Crippen molar-refractivity contribution in [1.29, 1.82) is 0 Å². The van der Waals surface area contributed by atoms with E-state index in [9.17, 15) is 14.4 Å². The molecule has 3 rings (SSSR count). The van der Waals surface area contributed by atoms with Gasteiger partial charge in [-0.25, -0.2) is 4.98 Å². The van der Waals surface area contributed by atoms with Crippen LogP contribution in [-0.2, 0) is 9.59 Å². The molecule has 0 unspecified atom stereocenters. The molecule has 25 heavy (non-hydrogen) atoms. The van der Waals surface area contributed by atoms with Gasteiger partial charge in [-0.15, -0.1) is 0 Å². The Kier molecular flexibility index (Phi) is 4.95. The lowest BCUT2D eigenvalue weighted by Gasteiger charge is -2.14. The van der Waals surface area contributed by atoms with Crippen molar-refractivity contribution in [2.75, 3.05) is 10.6 Å². The number of nitrogens with one attached hydrogen (secondary N) is 3. The minimum atomic E-state index is -0.783. The lowest BCUT2D eigenvalue weighted by molar-refractivity contribution is -0.118. The van der Waals surface area contributed by atoms with Crippen molar-refractivity contribution in [3.8, 4) is 0 Å². The van der Waals surface area contributed by atoms with Crippen molar-refractivity contribution in [1.82, 2.24) is 10.3 Å². The molecular formula is C17H15ClN4O3. The summed E-state index contributed by atoms with van der Waals surface area (Å²) < 4.78 is 0. The molecule has 0 fully saturated rings. The largest absolute Gasteiger partial charge is 0.340 e. The molecule has 0 bridgehead atoms. The molecule has 3 N–H and O–H groups in total. The summed E-state index contributed by atoms with van der Waals surface area (Å²) in [5, 5.41) is 8.35. The zero-order valence-corrected chi connectivity index (χ0v) is 13.8. The average molecular weight is 359 g/mol. The highest BCUT2D eigenvalue weighted by Gasteiger charge is 2.27. The first-order chi connectivity index (χ1) is 12.0. The first-order valence-corrected chi connectivity index (χ1v) is 8.03. The van der Waals surface area contributed by atoms with Crippen LogP contribution in [0.1, 0.15) is 23.2 Å². The second kappa shape index (κ2) is 7.31. The van der Waals surface area contributed by atoms with Crippen LogP contribution in [0.25, 0.3) is 0 Å². The van der Waals surface area contributed by atoms with E-state index in [2.05, 4.69) is 20.9 Å². The monoisotopic (exact) mass is 358 g/mol. The topological polar surface area (TPSA) is 100 Å². The first-order valence-electron chi connectivity index (χ1n) is 7.65. The number of benzene rings is 1. The van der Waals surface area contributed by atoms with Crippen LogP contribution in [0, 0.1) is 0 Å². The van der Waals surface area contributed by atoms with Gasteiger partial charge in [0, 0.05) is 6.42 Å². The summed E-state index contributed by atoms with van der Waals surface area (Å²) in [7, 11) is 0. The minimum Gasteiger partial charge on any atom is -0.340 e. The molecule has 8 heteroatoms. The van der Waals surface area contributed by atoms with Crippen molar-refractivity contribution >= 4 is 40.7 Å². The lowest BCUT2D eigenvalue weighted by atomic mass is 10.1. The number of carbonyl (C=O) groups is 3. The van der Waals surface area contributed by atoms with Crippen molar-refractivity contribution < 1.29 is 14.4 Å². The maximum Gasteiger partial charge on any atom is 0.254 e. The fourth-order valence-electron chi connectivity index (χ4n) is 2.46. The summed E-state index contributed by atoms with van der Waals surface area (Å²) in [5.74, 6) is -0.978. The molecule has 2 aromatic rings. The molecule has 0 radical (unpaired) electrons. The average Bonchev–Trinajstić information content (AvgIpc) is 2.72. The van der Waals surface area contributed by atoms with Gasteiger partial charge < -0.3 is 16.0 Å². The quantitative estimate of drug-likeness (QED) is 0.729. The predicted molar refractivity (Wildman–Crippen MR) is 93.4 cm³/mol. The van der Waals surface area contributed by atoms with Gasteiger partial charge >= 0.3 is 0 Å². The number of fused-ring (bicyclic) bond motifs is 1. The summed E-state index contributed by atoms with van der Waals surface area (Å²) in [4.78, 5) is 40.3. The number of para-hydroxylation sites is 1. The van der Waals surface area contributed by atoms with Gasteiger partial charge in [0.2, 0.25) is 11.8 Å². The summed E-state index contributed by atoms with van der Waals surface area (Å²) >= 11 is 5.69. The number of nitrogens with zero attached hydrogens (tertiary/aromatic N) is 1. The van der Waals surface area contributed by atoms with Crippen LogP contribution >= 0.6 is 11.6 Å². The van der Waals surface area contributed by atoms with E-state index in [-0.39, 0.29) is 30.6 Å². The molecule has 1 aromatic carbocycles. The highest BCUT2D eigenvalue weighted by Crippen LogP contribution is 2.19. The SMILES string of the molecule is O=C(CC[C@@H]1NC(=O)c2ccccc2NC1=O)Nc1ccc(Cl)nc1. The molecule has 2 heterocycles. The molecule has 0 saturated carbocycles. The third kappa shape index (κ3) is 4.13. The van der Waals surface area contributed by atoms with Crippen molar-refractivity contribution in [3.63, 3.8) is 0 Å². The Balaban J connectivity index is 1.59. The van der Waals surface area contributed by atoms with Crippen molar-refractivity contribution in [2.45, 2.75) is 18.9 Å². The van der Waals surface area contributed by atoms with Crippen LogP contribution in [0.2, 0.25) is 5.15 Å². The maximum absolute atomic E-state index is 12.2. The van der Waals surface area contributed by atoms with E-state index in [0.29, 0.717) is 22.1 Å². The van der Waals surface area contributed by atoms with Gasteiger partial charge in [-0.2, -0.15) is 0 Å². The summed E-state index contributed by atoms with van der Waals surface area (Å²) in [6.45, 7) is 0. The minimum absolute atomic E-state index is 0.0668. The number of anilines is 2. The Morgan fingerprint density at radius 1 is 1.20 bits per heavy atom. The van der Waals surface area contributed by atoms with Crippen LogP contribution in [0.15, 0.2) is 42.6 Å². The van der Waals surface area contributed by atoms with E-state index in [1.165, 1.54) is 6.20 Å². The van der Waals surface area contributed by atoms with Crippen LogP contribution < -0.4 is 16.0 Å². The number of hydrogen-bond acceptors (Lipinski definition) is 4. The van der Waals surface area contributed by atoms with E-state index in [1.54, 1.807) is 36.4 Å². The highest BCUT2D eigenvalue weighted by molar-refractivity contribution is 6.29. The Morgan fingerprint density at radius 2 is 2.00 bits per heavy atom. The van der Waals surface area contributed by atoms with Gasteiger partial charge in [-0.05, 0) is 30.7 Å². The molecule has 1 aromatic heterocycles. The predicted octanol–water partition coefficient (Wildman–Crippen LogP) is 2.20. The van der Waals surface area contributed by atoms with Crippen LogP contribution in [0.3, 0.4) is 0 Å². The molecule has 1 aliphatic heterocycles. The van der Waals surface area contributed by atoms with Crippen molar-refractivity contribution in [3.05, 3.63) is 53.3 Å². The molecule has 0 spiro atoms. The number of pyridine rings is 1. The van der Waals surface area contributed by atoms with E-state index in [1.807, 2.05) is 0 Å². The smallest absolute Gasteiger partial charge is 0.254 e. The molecular weight excluding hydrogens is 344 g/mol. The maximum atomic E-state index is 12.2. The Hall–Kier alpha value is -2.93. The number of hydrogen-bond donors (Lipinski definition) is 3. The van der Waals surface area contributed by atoms with Crippen LogP contribution in [0.4, 0.5) is 11.4 Å². The fraction of sp³-hybridized carbons (Fsp3) is 0.176. The second-order valence-corrected chi connectivity index (χ2v) is 5.90. The van der Waals surface area contributed by atoms with E-state index in [4.69, 9.17) is 11.6 Å². The number of aromatic nitrogens is 1. The Labute approximate surface area is 148 Å². The molecule has 7 nitrogen and oxygen atoms in total. The number of carbonyl (C=O) groups excluding carboxylic acids is 3. The zero-order chi connectivity index (χ0) is 17.8. The molecule has 128 valence electrons. The zero-order valence-electron chi connectivity index (χ0n) is 13.1. The van der Waals surface area contributed by atoms with Gasteiger partial charge in [0.25, 0.3) is 5.91 Å². The molecule has 0 aliphatic carbocycles. The van der Waals surface area contributed by atoms with E-state index in [0.717, 1.165) is 0 Å². The van der Waals surface area contributed by atoms with Gasteiger partial charge in [-0.1, -0.05) is 23.7 Å². The normalized spacial score (nSPS) is 16.3. The van der Waals surface area contributed by atoms with Crippen molar-refractivity contribution in [2.24, 2.45) is 0 Å². The third-order valence-electron chi connectivity index (χ3n) is 3.72. The molecule has 1 aliphatic rings. The van der Waals surface area contributed by atoms with E-state index < -0.39 is 6.04 Å². The van der Waals surface area contributed by atoms with Gasteiger partial charge in [0.1, 0.15) is 11.2 Å². The van der Waals surface area contributed by atoms with Gasteiger partial charge in [0.05, 0.1) is 23.1 Å². The third-order valence-corrected chi connectivity index (χ3v) is 3.95. The highest BCUT2D eigenvalue weighted by atomic mass is 35.5. The standard InChI is InChI=1S/C17H15ClN4O3/c18-14-7-5-10(9-19-14)20-15(23)8-6-13-17(25)21-12-4-2-1-3-11(12)16(24)22-13/h1-5,7,9,13H,6,8H2,(H,20,23)(H,21,25)(H,22,24)/t13-/m0/s1. The Morgan fingerprint density at radius 3 is 2.76 bits per heavy atom. The summed E-state index contributed by atoms with van der Waals surface area (Å²) in [6.07, 6.45) is 1.69. The number of amides is 3. The second-order valence-electron chi connectivity index (χ2n) is 5.52. The van der Waals surface area contributed by atoms with E-state index >= 15 is 0 Å². The molecule has 0 saturated heterocycles. The molecule has 1 atom stereocenters. The number of halogens is 1. The first kappa shape index (κ1) is 16.9. The Bertz CT molecular complexity index is 823. The number of rotatable bonds is 4.